The number of carboxylic acid groups (broad SMARTS) is 1. The number of anilines is 1. The van der Waals surface area contributed by atoms with Crippen LogP contribution in [-0.2, 0) is 27.1 Å². The Bertz CT molecular complexity index is 888. The second-order valence-electron chi connectivity index (χ2n) is 6.26. The average molecular weight is 424 g/mol. The van der Waals surface area contributed by atoms with Crippen molar-refractivity contribution in [3.8, 4) is 0 Å². The smallest absolute Gasteiger partial charge is 0.416 e. The van der Waals surface area contributed by atoms with E-state index in [-0.39, 0.29) is 18.7 Å². The van der Waals surface area contributed by atoms with Crippen molar-refractivity contribution in [1.29, 1.82) is 0 Å². The fraction of sp³-hybridized carbons (Fsp3) is 0.250. The molecule has 2 aromatic rings. The van der Waals surface area contributed by atoms with Crippen molar-refractivity contribution in [1.82, 2.24) is 5.32 Å². The molecule has 0 spiro atoms. The average Bonchev–Trinajstić information content (AvgIpc) is 2.69. The second-order valence-corrected chi connectivity index (χ2v) is 6.26. The fourth-order valence-electron chi connectivity index (χ4n) is 2.45. The zero-order chi connectivity index (χ0) is 22.1. The van der Waals surface area contributed by atoms with Crippen LogP contribution in [0.2, 0.25) is 0 Å². The summed E-state index contributed by atoms with van der Waals surface area (Å²) >= 11 is 0. The predicted molar refractivity (Wildman–Crippen MR) is 100 cm³/mol. The highest BCUT2D eigenvalue weighted by atomic mass is 19.4. The van der Waals surface area contributed by atoms with E-state index in [1.54, 1.807) is 30.3 Å². The number of halogens is 3. The summed E-state index contributed by atoms with van der Waals surface area (Å²) in [6, 6.07) is 11.3. The van der Waals surface area contributed by atoms with E-state index in [4.69, 9.17) is 9.84 Å². The van der Waals surface area contributed by atoms with Gasteiger partial charge in [-0.2, -0.15) is 13.2 Å². The van der Waals surface area contributed by atoms with Crippen LogP contribution in [0.5, 0.6) is 0 Å². The number of amides is 2. The highest BCUT2D eigenvalue weighted by molar-refractivity contribution is 5.96. The largest absolute Gasteiger partial charge is 0.481 e. The Balaban J connectivity index is 2.03. The maximum Gasteiger partial charge on any atom is 0.416 e. The van der Waals surface area contributed by atoms with E-state index in [0.717, 1.165) is 18.2 Å². The third-order valence-corrected chi connectivity index (χ3v) is 3.93. The van der Waals surface area contributed by atoms with Crippen molar-refractivity contribution in [3.05, 3.63) is 65.7 Å². The molecule has 2 rings (SSSR count). The summed E-state index contributed by atoms with van der Waals surface area (Å²) < 4.78 is 43.5. The van der Waals surface area contributed by atoms with Crippen LogP contribution in [0.4, 0.5) is 23.7 Å². The number of alkyl carbamates (subject to hydrolysis) is 1. The molecule has 30 heavy (non-hydrogen) atoms. The van der Waals surface area contributed by atoms with Gasteiger partial charge in [0.15, 0.2) is 0 Å². The number of hydrogen-bond acceptors (Lipinski definition) is 4. The Morgan fingerprint density at radius 1 is 1.03 bits per heavy atom. The van der Waals surface area contributed by atoms with Crippen LogP contribution in [0.25, 0.3) is 0 Å². The van der Waals surface area contributed by atoms with Gasteiger partial charge in [0.25, 0.3) is 0 Å². The molecule has 10 heteroatoms. The van der Waals surface area contributed by atoms with Crippen LogP contribution >= 0.6 is 0 Å². The summed E-state index contributed by atoms with van der Waals surface area (Å²) in [5.74, 6) is -2.07. The monoisotopic (exact) mass is 424 g/mol. The van der Waals surface area contributed by atoms with Gasteiger partial charge in [-0.1, -0.05) is 36.4 Å². The lowest BCUT2D eigenvalue weighted by molar-refractivity contribution is -0.138. The van der Waals surface area contributed by atoms with Gasteiger partial charge in [-0.15, -0.1) is 0 Å². The zero-order valence-electron chi connectivity index (χ0n) is 15.6. The van der Waals surface area contributed by atoms with Gasteiger partial charge in [-0.05, 0) is 30.2 Å². The first-order chi connectivity index (χ1) is 14.1. The van der Waals surface area contributed by atoms with Crippen LogP contribution in [0.1, 0.15) is 24.0 Å². The molecular weight excluding hydrogens is 405 g/mol. The number of ether oxygens (including phenoxy) is 1. The van der Waals surface area contributed by atoms with Gasteiger partial charge in [0.1, 0.15) is 12.6 Å². The molecule has 0 saturated carbocycles. The molecular formula is C20H19F3N2O5. The first kappa shape index (κ1) is 22.7. The molecule has 0 aliphatic carbocycles. The fourth-order valence-corrected chi connectivity index (χ4v) is 2.45. The molecule has 1 atom stereocenters. The van der Waals surface area contributed by atoms with Gasteiger partial charge in [0, 0.05) is 12.1 Å². The van der Waals surface area contributed by atoms with Crippen molar-refractivity contribution in [2.45, 2.75) is 31.7 Å². The third kappa shape index (κ3) is 7.46. The minimum Gasteiger partial charge on any atom is -0.481 e. The second kappa shape index (κ2) is 10.3. The van der Waals surface area contributed by atoms with E-state index in [1.807, 2.05) is 0 Å². The summed E-state index contributed by atoms with van der Waals surface area (Å²) in [5, 5.41) is 13.3. The van der Waals surface area contributed by atoms with Crippen LogP contribution in [0, 0.1) is 0 Å². The van der Waals surface area contributed by atoms with Crippen molar-refractivity contribution >= 4 is 23.7 Å². The SMILES string of the molecule is O=C(O)CC[C@H](NC(=O)OCc1ccccc1)C(=O)Nc1cccc(C(F)(F)F)c1. The van der Waals surface area contributed by atoms with E-state index in [2.05, 4.69) is 10.6 Å². The number of carbonyl (C=O) groups is 3. The summed E-state index contributed by atoms with van der Waals surface area (Å²) in [5.41, 5.74) is -0.407. The van der Waals surface area contributed by atoms with Crippen LogP contribution in [0.3, 0.4) is 0 Å². The molecule has 0 saturated heterocycles. The van der Waals surface area contributed by atoms with Crippen molar-refractivity contribution in [2.24, 2.45) is 0 Å². The maximum atomic E-state index is 12.8. The normalized spacial score (nSPS) is 12.0. The topological polar surface area (TPSA) is 105 Å². The van der Waals surface area contributed by atoms with Gasteiger partial charge in [0.2, 0.25) is 5.91 Å². The van der Waals surface area contributed by atoms with Crippen LogP contribution < -0.4 is 10.6 Å². The molecule has 2 aromatic carbocycles. The standard InChI is InChI=1S/C20H19F3N2O5/c21-20(22,23)14-7-4-8-15(11-14)24-18(28)16(9-10-17(26)27)25-19(29)30-12-13-5-2-1-3-6-13/h1-8,11,16H,9-10,12H2,(H,24,28)(H,25,29)(H,26,27)/t16-/m0/s1. The van der Waals surface area contributed by atoms with Gasteiger partial charge in [-0.25, -0.2) is 4.79 Å². The number of benzene rings is 2. The molecule has 0 unspecified atom stereocenters. The predicted octanol–water partition coefficient (Wildman–Crippen LogP) is 3.80. The van der Waals surface area contributed by atoms with Gasteiger partial charge >= 0.3 is 18.2 Å². The first-order valence-electron chi connectivity index (χ1n) is 8.82. The Hall–Kier alpha value is -3.56. The molecule has 160 valence electrons. The lowest BCUT2D eigenvalue weighted by Gasteiger charge is -2.18. The highest BCUT2D eigenvalue weighted by Gasteiger charge is 2.31. The Labute approximate surface area is 169 Å². The van der Waals surface area contributed by atoms with Crippen molar-refractivity contribution in [3.63, 3.8) is 0 Å². The maximum absolute atomic E-state index is 12.8. The van der Waals surface area contributed by atoms with E-state index in [9.17, 15) is 27.6 Å². The zero-order valence-corrected chi connectivity index (χ0v) is 15.6. The van der Waals surface area contributed by atoms with Crippen molar-refractivity contribution in [2.75, 3.05) is 5.32 Å². The van der Waals surface area contributed by atoms with Crippen molar-refractivity contribution < 1.29 is 37.4 Å². The van der Waals surface area contributed by atoms with Gasteiger partial charge in [-0.3, -0.25) is 9.59 Å². The molecule has 0 aliphatic rings. The molecule has 0 radical (unpaired) electrons. The van der Waals surface area contributed by atoms with E-state index < -0.39 is 42.2 Å². The van der Waals surface area contributed by atoms with Crippen LogP contribution in [-0.4, -0.2) is 29.1 Å². The molecule has 0 heterocycles. The minimum absolute atomic E-state index is 0.0758. The van der Waals surface area contributed by atoms with Gasteiger partial charge < -0.3 is 20.5 Å². The van der Waals surface area contributed by atoms with E-state index in [0.29, 0.717) is 5.56 Å². The third-order valence-electron chi connectivity index (χ3n) is 3.93. The number of carbonyl (C=O) groups excluding carboxylic acids is 2. The summed E-state index contributed by atoms with van der Waals surface area (Å²) in [4.78, 5) is 35.3. The quantitative estimate of drug-likeness (QED) is 0.598. The Morgan fingerprint density at radius 2 is 1.73 bits per heavy atom. The number of alkyl halides is 3. The number of aliphatic carboxylic acids is 1. The molecule has 2 amide bonds. The molecule has 0 fully saturated rings. The first-order valence-corrected chi connectivity index (χ1v) is 8.82. The van der Waals surface area contributed by atoms with Gasteiger partial charge in [0.05, 0.1) is 5.56 Å². The number of carboxylic acids is 1. The Morgan fingerprint density at radius 3 is 2.37 bits per heavy atom. The summed E-state index contributed by atoms with van der Waals surface area (Å²) in [6.45, 7) is -0.0758. The molecule has 0 aromatic heterocycles. The summed E-state index contributed by atoms with van der Waals surface area (Å²) in [6.07, 6.45) is -6.28. The highest BCUT2D eigenvalue weighted by Crippen LogP contribution is 2.30. The molecule has 0 aliphatic heterocycles. The summed E-state index contributed by atoms with van der Waals surface area (Å²) in [7, 11) is 0. The number of nitrogens with one attached hydrogen (secondary N) is 2. The lowest BCUT2D eigenvalue weighted by Crippen LogP contribution is -2.44. The molecule has 0 bridgehead atoms. The van der Waals surface area contributed by atoms with E-state index >= 15 is 0 Å². The van der Waals surface area contributed by atoms with E-state index in [1.165, 1.54) is 6.07 Å². The molecule has 3 N–H and O–H groups in total. The molecule has 7 nitrogen and oxygen atoms in total. The number of hydrogen-bond donors (Lipinski definition) is 3. The Kier molecular flexibility index (Phi) is 7.79. The minimum atomic E-state index is -4.59. The lowest BCUT2D eigenvalue weighted by atomic mass is 10.1. The number of rotatable bonds is 8. The van der Waals surface area contributed by atoms with Crippen LogP contribution in [0.15, 0.2) is 54.6 Å².